The topological polar surface area (TPSA) is 291 Å². The first-order chi connectivity index (χ1) is 40.8. The van der Waals surface area contributed by atoms with Crippen LogP contribution in [0.25, 0.3) is 0 Å². The Morgan fingerprint density at radius 2 is 1.05 bits per heavy atom. The van der Waals surface area contributed by atoms with Gasteiger partial charge in [0.2, 0.25) is 59.1 Å². The molecular formula is C63H112ClN11O13. The molecule has 0 rings (SSSR count). The summed E-state index contributed by atoms with van der Waals surface area (Å²) in [6.45, 7) is 30.2. The quantitative estimate of drug-likeness (QED) is 0.0168. The lowest BCUT2D eigenvalue weighted by Gasteiger charge is -2.40. The molecule has 0 aliphatic heterocycles. The van der Waals surface area contributed by atoms with Gasteiger partial charge >= 0.3 is 0 Å². The number of aldehydes is 1. The Morgan fingerprint density at radius 1 is 0.568 bits per heavy atom. The molecule has 0 fully saturated rings. The molecule has 0 saturated heterocycles. The highest BCUT2D eigenvalue weighted by molar-refractivity contribution is 6.18. The largest absolute Gasteiger partial charge is 0.343 e. The number of likely N-dealkylation sites (N-methyl/N-ethyl adjacent to an activating group) is 7. The fourth-order valence-electron chi connectivity index (χ4n) is 9.94. The lowest BCUT2D eigenvalue weighted by molar-refractivity contribution is -0.335. The summed E-state index contributed by atoms with van der Waals surface area (Å²) in [5, 5.41) is 8.11. The number of nitrogens with one attached hydrogen (secondary N) is 3. The van der Waals surface area contributed by atoms with Gasteiger partial charge in [-0.25, -0.2) is 9.78 Å². The molecule has 1 unspecified atom stereocenters. The lowest BCUT2D eigenvalue weighted by Crippen LogP contribution is -2.63. The predicted molar refractivity (Wildman–Crippen MR) is 341 cm³/mol. The van der Waals surface area contributed by atoms with Crippen LogP contribution in [-0.2, 0) is 62.5 Å². The molecule has 0 bridgehead atoms. The Bertz CT molecular complexity index is 2340. The van der Waals surface area contributed by atoms with Gasteiger partial charge in [-0.1, -0.05) is 101 Å². The first kappa shape index (κ1) is 82.0. The number of halogens is 1. The maximum absolute atomic E-state index is 15.1. The van der Waals surface area contributed by atoms with Gasteiger partial charge in [-0.3, -0.25) is 47.9 Å². The summed E-state index contributed by atoms with van der Waals surface area (Å²) in [4.78, 5) is 174. The van der Waals surface area contributed by atoms with Crippen LogP contribution in [-0.4, -0.2) is 235 Å². The maximum atomic E-state index is 15.1. The van der Waals surface area contributed by atoms with Crippen molar-refractivity contribution in [2.24, 2.45) is 41.2 Å². The van der Waals surface area contributed by atoms with Crippen LogP contribution in [0.3, 0.4) is 0 Å². The average Bonchev–Trinajstić information content (AvgIpc) is 3.03. The number of amides is 10. The Balaban J connectivity index is 7.22. The van der Waals surface area contributed by atoms with Gasteiger partial charge in [0.15, 0.2) is 0 Å². The highest BCUT2D eigenvalue weighted by Crippen LogP contribution is 2.25. The molecule has 0 spiro atoms. The molecule has 5 N–H and O–H groups in total. The molecule has 0 aromatic rings. The molecule has 504 valence electrons. The average molecular weight is 1270 g/mol. The van der Waals surface area contributed by atoms with E-state index in [1.165, 1.54) is 88.9 Å². The minimum Gasteiger partial charge on any atom is -0.343 e. The molecule has 12 atom stereocenters. The molecular weight excluding hydrogens is 1150 g/mol. The second kappa shape index (κ2) is 39.9. The predicted octanol–water partition coefficient (Wildman–Crippen LogP) is 4.02. The standard InChI is InChI=1S/C63H112ClN11O13/c1-24-27-28-42(14)54(88-87-30-29-64)53(57(80)68-46(25-2)59(82)69(17)35-51(77)70(18)45(36-76)31-37(4)5)75(23)60(83)47(26-3)71(19)61(84)50(34-40(10)11)74(22)62(85)49(33-39(8)9)73(21)58(81)44(16)67-55(78)43(15)66-56(79)48(32-38(6)7)72(20)63(86)52(65)41(12)13/h24,26-27,36-50,52-54H,3,25,28-35,65H2,1-2,4-23H3,(H,66,79)(H,67,78)(H,68,80)/b27-24+/t42-,43+,44-,45?,46+,47+,48+,49+,50+,52+,53+,54-/m1/s1. The number of carbonyl (C=O) groups excluding carboxylic acids is 11. The van der Waals surface area contributed by atoms with Crippen molar-refractivity contribution in [2.75, 3.05) is 68.4 Å². The van der Waals surface area contributed by atoms with Crippen molar-refractivity contribution in [2.45, 2.75) is 209 Å². The van der Waals surface area contributed by atoms with Crippen LogP contribution in [0.4, 0.5) is 0 Å². The molecule has 0 aromatic heterocycles. The molecule has 0 saturated carbocycles. The van der Waals surface area contributed by atoms with E-state index < -0.39 is 138 Å². The van der Waals surface area contributed by atoms with E-state index in [2.05, 4.69) is 22.5 Å². The van der Waals surface area contributed by atoms with Crippen molar-refractivity contribution in [3.8, 4) is 0 Å². The smallest absolute Gasteiger partial charge is 0.249 e. The van der Waals surface area contributed by atoms with Crippen LogP contribution in [0.1, 0.15) is 142 Å². The number of allylic oxidation sites excluding steroid dienone is 2. The summed E-state index contributed by atoms with van der Waals surface area (Å²) in [6, 6.07) is -11.4. The van der Waals surface area contributed by atoms with Crippen molar-refractivity contribution in [3.05, 3.63) is 24.8 Å². The molecule has 0 heterocycles. The second-order valence-corrected chi connectivity index (χ2v) is 25.8. The van der Waals surface area contributed by atoms with Crippen LogP contribution in [0, 0.1) is 35.5 Å². The number of carbonyl (C=O) groups is 11. The molecule has 88 heavy (non-hydrogen) atoms. The van der Waals surface area contributed by atoms with Crippen LogP contribution >= 0.6 is 11.6 Å². The minimum absolute atomic E-state index is 0.00162. The van der Waals surface area contributed by atoms with Gasteiger partial charge in [0.25, 0.3) is 0 Å². The Morgan fingerprint density at radius 3 is 1.50 bits per heavy atom. The van der Waals surface area contributed by atoms with Gasteiger partial charge in [0.1, 0.15) is 60.7 Å². The van der Waals surface area contributed by atoms with Crippen LogP contribution in [0.2, 0.25) is 0 Å². The van der Waals surface area contributed by atoms with Crippen molar-refractivity contribution in [1.82, 2.24) is 50.2 Å². The second-order valence-electron chi connectivity index (χ2n) is 25.4. The van der Waals surface area contributed by atoms with Crippen LogP contribution in [0.5, 0.6) is 0 Å². The normalized spacial score (nSPS) is 15.8. The molecule has 24 nitrogen and oxygen atoms in total. The summed E-state index contributed by atoms with van der Waals surface area (Å²) < 4.78 is 0. The highest BCUT2D eigenvalue weighted by Gasteiger charge is 2.45. The van der Waals surface area contributed by atoms with Gasteiger partial charge in [-0.15, -0.1) is 18.2 Å². The zero-order chi connectivity index (χ0) is 68.4. The van der Waals surface area contributed by atoms with Gasteiger partial charge in [0, 0.05) is 55.2 Å². The van der Waals surface area contributed by atoms with E-state index in [4.69, 9.17) is 27.1 Å². The van der Waals surface area contributed by atoms with Crippen LogP contribution < -0.4 is 21.7 Å². The monoisotopic (exact) mass is 1270 g/mol. The Kier molecular flexibility index (Phi) is 37.2. The van der Waals surface area contributed by atoms with Crippen molar-refractivity contribution in [3.63, 3.8) is 0 Å². The fraction of sp³-hybridized carbons (Fsp3) is 0.762. The van der Waals surface area contributed by atoms with Gasteiger partial charge < -0.3 is 60.8 Å². The Labute approximate surface area is 531 Å². The third-order valence-electron chi connectivity index (χ3n) is 15.6. The first-order valence-electron chi connectivity index (χ1n) is 30.9. The number of nitrogens with zero attached hydrogens (tertiary/aromatic N) is 7. The highest BCUT2D eigenvalue weighted by atomic mass is 35.5. The van der Waals surface area contributed by atoms with Crippen LogP contribution in [0.15, 0.2) is 24.8 Å². The number of alkyl halides is 1. The summed E-state index contributed by atoms with van der Waals surface area (Å²) in [5.41, 5.74) is 6.15. The third-order valence-corrected chi connectivity index (χ3v) is 15.8. The summed E-state index contributed by atoms with van der Waals surface area (Å²) in [7, 11) is 9.96. The first-order valence-corrected chi connectivity index (χ1v) is 31.4. The summed E-state index contributed by atoms with van der Waals surface area (Å²) >= 11 is 5.97. The number of rotatable bonds is 40. The molecule has 10 amide bonds. The van der Waals surface area contributed by atoms with Gasteiger partial charge in [-0.05, 0) is 94.8 Å². The van der Waals surface area contributed by atoms with E-state index in [1.807, 2.05) is 68.4 Å². The third kappa shape index (κ3) is 25.1. The summed E-state index contributed by atoms with van der Waals surface area (Å²) in [6.07, 6.45) is 5.69. The van der Waals surface area contributed by atoms with Gasteiger partial charge in [0.05, 0.1) is 25.2 Å². The minimum atomic E-state index is -1.55. The molecule has 0 aliphatic carbocycles. The van der Waals surface area contributed by atoms with E-state index >= 15 is 9.59 Å². The van der Waals surface area contributed by atoms with E-state index in [9.17, 15) is 43.2 Å². The van der Waals surface area contributed by atoms with Crippen molar-refractivity contribution >= 4 is 77.0 Å². The number of hydrogen-bond acceptors (Lipinski definition) is 14. The van der Waals surface area contributed by atoms with Gasteiger partial charge in [-0.2, -0.15) is 0 Å². The molecule has 25 heteroatoms. The zero-order valence-corrected chi connectivity index (χ0v) is 57.8. The zero-order valence-electron chi connectivity index (χ0n) is 57.1. The van der Waals surface area contributed by atoms with E-state index in [-0.39, 0.29) is 67.8 Å². The Hall–Kier alpha value is -5.98. The molecule has 0 radical (unpaired) electrons. The number of hydrogen-bond donors (Lipinski definition) is 4. The van der Waals surface area contributed by atoms with E-state index in [0.29, 0.717) is 19.1 Å². The number of nitrogens with two attached hydrogens (primary N) is 1. The van der Waals surface area contributed by atoms with Crippen molar-refractivity contribution in [1.29, 1.82) is 0 Å². The van der Waals surface area contributed by atoms with E-state index in [0.717, 1.165) is 14.7 Å². The van der Waals surface area contributed by atoms with Crippen molar-refractivity contribution < 1.29 is 62.5 Å². The molecule has 0 aliphatic rings. The van der Waals surface area contributed by atoms with E-state index in [1.54, 1.807) is 33.8 Å². The maximum Gasteiger partial charge on any atom is 0.249 e. The summed E-state index contributed by atoms with van der Waals surface area (Å²) in [5.74, 6) is -7.34. The SMILES string of the molecule is C=C[C@@H](C(=O)N(C)[C@H](C(=O)N[C@@H](CC)C(=O)N(C)CC(=O)N(C)C(C=O)CC(C)C)[C@H](OOCCCl)[C@H](C)C/C=C/C)N(C)C(=O)[C@H](CC(C)C)N(C)C(=O)[C@H](CC(C)C)N(C)C(=O)[C@@H](C)NC(=O)[C@H](C)NC(=O)[C@H](CC(C)C)N(C)C(=O)[C@@H](N)C(C)C. The fourth-order valence-corrected chi connectivity index (χ4v) is 10.0. The lowest BCUT2D eigenvalue weighted by atomic mass is 9.92. The molecule has 0 aromatic carbocycles.